The number of barbiturate groups is 1. The number of carbonyl (C=O) groups is 3. The van der Waals surface area contributed by atoms with Crippen molar-refractivity contribution in [1.29, 1.82) is 0 Å². The molecule has 0 saturated carbocycles. The van der Waals surface area contributed by atoms with Crippen LogP contribution in [0.15, 0.2) is 42.5 Å². The number of carbonyl (C=O) groups excluding carboxylic acids is 3. The lowest BCUT2D eigenvalue weighted by molar-refractivity contribution is -0.384. The predicted octanol–water partition coefficient (Wildman–Crippen LogP) is 3.06. The number of hydrogen-bond donors (Lipinski definition) is 1. The quantitative estimate of drug-likeness (QED) is 0.395. The Morgan fingerprint density at radius 3 is 2.65 bits per heavy atom. The van der Waals surface area contributed by atoms with Gasteiger partial charge in [-0.25, -0.2) is 9.69 Å². The molecule has 0 aliphatic carbocycles. The zero-order valence-corrected chi connectivity index (χ0v) is 19.1. The minimum absolute atomic E-state index is 0.123. The highest BCUT2D eigenvalue weighted by Gasteiger charge is 2.65. The molecule has 2 fully saturated rings. The van der Waals surface area contributed by atoms with Crippen LogP contribution in [0.2, 0.25) is 5.02 Å². The third kappa shape index (κ3) is 3.17. The number of nitrogens with zero attached hydrogens (tertiary/aromatic N) is 3. The fourth-order valence-corrected chi connectivity index (χ4v) is 5.66. The summed E-state index contributed by atoms with van der Waals surface area (Å²) in [7, 11) is 0. The van der Waals surface area contributed by atoms with Crippen LogP contribution in [0.3, 0.4) is 0 Å². The molecule has 2 aromatic rings. The van der Waals surface area contributed by atoms with Crippen molar-refractivity contribution in [1.82, 2.24) is 5.32 Å². The summed E-state index contributed by atoms with van der Waals surface area (Å²) in [6.45, 7) is 4.03. The molecule has 2 aromatic carbocycles. The first-order chi connectivity index (χ1) is 16.1. The van der Waals surface area contributed by atoms with Gasteiger partial charge in [0.1, 0.15) is 0 Å². The van der Waals surface area contributed by atoms with Crippen LogP contribution < -0.4 is 15.1 Å². The molecule has 0 bridgehead atoms. The molecule has 1 spiro atoms. The molecule has 0 aromatic heterocycles. The van der Waals surface area contributed by atoms with E-state index in [0.29, 0.717) is 22.8 Å². The van der Waals surface area contributed by atoms with Crippen LogP contribution >= 0.6 is 11.6 Å². The third-order valence-electron chi connectivity index (χ3n) is 6.72. The number of imide groups is 2. The van der Waals surface area contributed by atoms with E-state index in [-0.39, 0.29) is 23.9 Å². The highest BCUT2D eigenvalue weighted by molar-refractivity contribution is 6.33. The van der Waals surface area contributed by atoms with Crippen LogP contribution in [0, 0.1) is 15.5 Å². The van der Waals surface area contributed by atoms with E-state index in [4.69, 9.17) is 16.3 Å². The largest absolute Gasteiger partial charge is 0.372 e. The lowest BCUT2D eigenvalue weighted by Gasteiger charge is -2.56. The van der Waals surface area contributed by atoms with Crippen LogP contribution in [0.1, 0.15) is 19.4 Å². The molecule has 2 saturated heterocycles. The van der Waals surface area contributed by atoms with Gasteiger partial charge in [0.15, 0.2) is 5.41 Å². The summed E-state index contributed by atoms with van der Waals surface area (Å²) in [5.41, 5.74) is -0.493. The molecule has 4 atom stereocenters. The van der Waals surface area contributed by atoms with Crippen LogP contribution in [0.5, 0.6) is 0 Å². The summed E-state index contributed by atoms with van der Waals surface area (Å²) in [6.07, 6.45) is -0.879. The second kappa shape index (κ2) is 7.78. The zero-order chi connectivity index (χ0) is 24.4. The standard InChI is InChI=1S/C23H21ClN4O6/c1-12-11-26-18-7-6-17(28(32)33)8-14(18)10-23(19(26)13(2)34-12)20(29)25-22(31)27(21(23)30)16-5-3-4-15(24)9-16/h3-9,12-13,19H,10-11H2,1-2H3,(H,25,29,31)/t12-,13+,19+,23-/m1/s1. The number of rotatable bonds is 2. The fraction of sp³-hybridized carbons (Fsp3) is 0.348. The summed E-state index contributed by atoms with van der Waals surface area (Å²) in [4.78, 5) is 54.2. The van der Waals surface area contributed by atoms with E-state index >= 15 is 0 Å². The van der Waals surface area contributed by atoms with Gasteiger partial charge in [-0.3, -0.25) is 25.0 Å². The molecule has 176 valence electrons. The summed E-state index contributed by atoms with van der Waals surface area (Å²) in [5.74, 6) is -1.47. The van der Waals surface area contributed by atoms with Crippen molar-refractivity contribution in [2.24, 2.45) is 5.41 Å². The maximum atomic E-state index is 14.1. The average Bonchev–Trinajstić information content (AvgIpc) is 2.77. The van der Waals surface area contributed by atoms with Crippen molar-refractivity contribution in [3.8, 4) is 0 Å². The van der Waals surface area contributed by atoms with Gasteiger partial charge in [0.05, 0.1) is 28.9 Å². The molecule has 3 heterocycles. The van der Waals surface area contributed by atoms with E-state index in [1.54, 1.807) is 31.2 Å². The maximum absolute atomic E-state index is 14.1. The summed E-state index contributed by atoms with van der Waals surface area (Å²) in [5, 5.41) is 14.1. The van der Waals surface area contributed by atoms with Crippen LogP contribution in [-0.4, -0.2) is 47.6 Å². The summed E-state index contributed by atoms with van der Waals surface area (Å²) >= 11 is 6.10. The average molecular weight is 485 g/mol. The molecule has 5 rings (SSSR count). The van der Waals surface area contributed by atoms with Crippen molar-refractivity contribution in [3.05, 3.63) is 63.2 Å². The number of urea groups is 1. The van der Waals surface area contributed by atoms with Gasteiger partial charge in [0.2, 0.25) is 5.91 Å². The number of fused-ring (bicyclic) bond motifs is 4. The number of morpholine rings is 1. The lowest BCUT2D eigenvalue weighted by atomic mass is 9.66. The Kier molecular flexibility index (Phi) is 5.10. The summed E-state index contributed by atoms with van der Waals surface area (Å²) < 4.78 is 6.04. The van der Waals surface area contributed by atoms with Crippen molar-refractivity contribution in [2.45, 2.75) is 38.5 Å². The Labute approximate surface area is 199 Å². The number of halogens is 1. The number of anilines is 2. The molecule has 0 unspecified atom stereocenters. The van der Waals surface area contributed by atoms with E-state index in [9.17, 15) is 24.5 Å². The molecule has 34 heavy (non-hydrogen) atoms. The van der Waals surface area contributed by atoms with Crippen molar-refractivity contribution >= 4 is 46.5 Å². The Morgan fingerprint density at radius 2 is 1.94 bits per heavy atom. The number of benzene rings is 2. The first kappa shape index (κ1) is 22.3. The van der Waals surface area contributed by atoms with Gasteiger partial charge in [0, 0.05) is 35.8 Å². The Hall–Kier alpha value is -3.50. The molecule has 3 aliphatic rings. The normalized spacial score (nSPS) is 28.4. The van der Waals surface area contributed by atoms with Crippen molar-refractivity contribution < 1.29 is 24.0 Å². The molecular formula is C23H21ClN4O6. The summed E-state index contributed by atoms with van der Waals surface area (Å²) in [6, 6.07) is 9.04. The molecule has 3 aliphatic heterocycles. The van der Waals surface area contributed by atoms with Gasteiger partial charge in [-0.2, -0.15) is 0 Å². The highest BCUT2D eigenvalue weighted by Crippen LogP contribution is 2.49. The molecule has 10 nitrogen and oxygen atoms in total. The topological polar surface area (TPSA) is 122 Å². The molecule has 4 amide bonds. The minimum Gasteiger partial charge on any atom is -0.372 e. The number of nitrogens with one attached hydrogen (secondary N) is 1. The van der Waals surface area contributed by atoms with Gasteiger partial charge in [-0.05, 0) is 43.7 Å². The first-order valence-electron chi connectivity index (χ1n) is 10.8. The van der Waals surface area contributed by atoms with E-state index in [1.165, 1.54) is 18.2 Å². The number of nitro benzene ring substituents is 1. The Morgan fingerprint density at radius 1 is 1.18 bits per heavy atom. The smallest absolute Gasteiger partial charge is 0.335 e. The van der Waals surface area contributed by atoms with Gasteiger partial charge < -0.3 is 9.64 Å². The van der Waals surface area contributed by atoms with Crippen molar-refractivity contribution in [3.63, 3.8) is 0 Å². The fourth-order valence-electron chi connectivity index (χ4n) is 5.47. The molecule has 11 heteroatoms. The Bertz CT molecular complexity index is 1250. The highest BCUT2D eigenvalue weighted by atomic mass is 35.5. The second-order valence-electron chi connectivity index (χ2n) is 8.85. The van der Waals surface area contributed by atoms with Gasteiger partial charge in [-0.1, -0.05) is 17.7 Å². The lowest BCUT2D eigenvalue weighted by Crippen LogP contribution is -2.76. The number of non-ortho nitro benzene ring substituents is 1. The second-order valence-corrected chi connectivity index (χ2v) is 9.28. The zero-order valence-electron chi connectivity index (χ0n) is 18.4. The Balaban J connectivity index is 1.71. The number of nitro groups is 1. The van der Waals surface area contributed by atoms with Crippen LogP contribution in [0.4, 0.5) is 21.9 Å². The van der Waals surface area contributed by atoms with E-state index < -0.39 is 40.3 Å². The number of hydrogen-bond acceptors (Lipinski definition) is 7. The maximum Gasteiger partial charge on any atom is 0.335 e. The van der Waals surface area contributed by atoms with E-state index in [0.717, 1.165) is 4.90 Å². The predicted molar refractivity (Wildman–Crippen MR) is 123 cm³/mol. The monoisotopic (exact) mass is 484 g/mol. The van der Waals surface area contributed by atoms with Gasteiger partial charge in [0.25, 0.3) is 11.6 Å². The van der Waals surface area contributed by atoms with Gasteiger partial charge in [-0.15, -0.1) is 0 Å². The SMILES string of the molecule is C[C@@H]1CN2c3ccc([N+](=O)[O-])cc3C[C@]3(C(=O)NC(=O)N(c4cccc(Cl)c4)C3=O)[C@@H]2[C@H](C)O1. The number of amides is 4. The number of ether oxygens (including phenoxy) is 1. The van der Waals surface area contributed by atoms with Crippen LogP contribution in [-0.2, 0) is 20.7 Å². The van der Waals surface area contributed by atoms with E-state index in [1.807, 2.05) is 11.8 Å². The molecule has 1 N–H and O–H groups in total. The van der Waals surface area contributed by atoms with Gasteiger partial charge >= 0.3 is 6.03 Å². The minimum atomic E-state index is -1.75. The first-order valence-corrected chi connectivity index (χ1v) is 11.2. The molecule has 0 radical (unpaired) electrons. The van der Waals surface area contributed by atoms with Crippen LogP contribution in [0.25, 0.3) is 0 Å². The van der Waals surface area contributed by atoms with Crippen molar-refractivity contribution in [2.75, 3.05) is 16.3 Å². The third-order valence-corrected chi connectivity index (χ3v) is 6.95. The molecular weight excluding hydrogens is 464 g/mol. The van der Waals surface area contributed by atoms with E-state index in [2.05, 4.69) is 5.32 Å².